The minimum Gasteiger partial charge on any atom is -0.338 e. The molecule has 1 aromatic heterocycles. The van der Waals surface area contributed by atoms with Crippen LogP contribution in [0.1, 0.15) is 76.0 Å². The SMILES string of the molecule is CC1(C)CCC(c2noc(C(N)C3CC3)n2)CC1. The molecule has 4 heteroatoms. The lowest BCUT2D eigenvalue weighted by Gasteiger charge is -2.32. The zero-order valence-electron chi connectivity index (χ0n) is 11.4. The molecule has 0 radical (unpaired) electrons. The van der Waals surface area contributed by atoms with Crippen LogP contribution in [0.4, 0.5) is 0 Å². The number of nitrogens with zero attached hydrogens (tertiary/aromatic N) is 2. The van der Waals surface area contributed by atoms with Gasteiger partial charge in [-0.15, -0.1) is 0 Å². The Bertz CT molecular complexity index is 412. The van der Waals surface area contributed by atoms with E-state index in [-0.39, 0.29) is 6.04 Å². The first-order valence-electron chi connectivity index (χ1n) is 7.14. The molecule has 1 unspecified atom stereocenters. The molecule has 1 atom stereocenters. The van der Waals surface area contributed by atoms with Crippen molar-refractivity contribution >= 4 is 0 Å². The Labute approximate surface area is 108 Å². The largest absolute Gasteiger partial charge is 0.338 e. The lowest BCUT2D eigenvalue weighted by Crippen LogP contribution is -2.21. The average molecular weight is 249 g/mol. The third kappa shape index (κ3) is 2.44. The van der Waals surface area contributed by atoms with Crippen molar-refractivity contribution in [2.75, 3.05) is 0 Å². The van der Waals surface area contributed by atoms with E-state index in [0.29, 0.717) is 23.1 Å². The molecule has 2 saturated carbocycles. The number of hydrogen-bond donors (Lipinski definition) is 1. The summed E-state index contributed by atoms with van der Waals surface area (Å²) < 4.78 is 5.35. The van der Waals surface area contributed by atoms with Crippen molar-refractivity contribution in [3.63, 3.8) is 0 Å². The Morgan fingerprint density at radius 3 is 2.50 bits per heavy atom. The van der Waals surface area contributed by atoms with Crippen LogP contribution in [0.15, 0.2) is 4.52 Å². The van der Waals surface area contributed by atoms with E-state index in [1.54, 1.807) is 0 Å². The lowest BCUT2D eigenvalue weighted by atomic mass is 9.73. The van der Waals surface area contributed by atoms with Crippen molar-refractivity contribution in [2.24, 2.45) is 17.1 Å². The lowest BCUT2D eigenvalue weighted by molar-refractivity contribution is 0.218. The molecule has 4 nitrogen and oxygen atoms in total. The molecule has 0 aromatic carbocycles. The second-order valence-electron chi connectivity index (χ2n) is 6.79. The van der Waals surface area contributed by atoms with Gasteiger partial charge in [0, 0.05) is 5.92 Å². The van der Waals surface area contributed by atoms with Gasteiger partial charge in [-0.05, 0) is 49.9 Å². The van der Waals surface area contributed by atoms with Gasteiger partial charge in [0.2, 0.25) is 5.89 Å². The highest BCUT2D eigenvalue weighted by atomic mass is 16.5. The monoisotopic (exact) mass is 249 g/mol. The number of nitrogens with two attached hydrogens (primary N) is 1. The molecule has 2 aliphatic rings. The molecule has 18 heavy (non-hydrogen) atoms. The number of hydrogen-bond acceptors (Lipinski definition) is 4. The molecular weight excluding hydrogens is 226 g/mol. The van der Waals surface area contributed by atoms with Crippen LogP contribution < -0.4 is 5.73 Å². The van der Waals surface area contributed by atoms with E-state index in [0.717, 1.165) is 5.82 Å². The quantitative estimate of drug-likeness (QED) is 0.893. The molecule has 100 valence electrons. The summed E-state index contributed by atoms with van der Waals surface area (Å²) in [6, 6.07) is -0.0359. The first-order valence-corrected chi connectivity index (χ1v) is 7.14. The van der Waals surface area contributed by atoms with Crippen LogP contribution in [0, 0.1) is 11.3 Å². The highest BCUT2D eigenvalue weighted by Gasteiger charge is 2.35. The molecule has 3 rings (SSSR count). The molecule has 0 saturated heterocycles. The Morgan fingerprint density at radius 2 is 1.89 bits per heavy atom. The Balaban J connectivity index is 1.66. The molecule has 0 bridgehead atoms. The second-order valence-corrected chi connectivity index (χ2v) is 6.79. The highest BCUT2D eigenvalue weighted by molar-refractivity contribution is 5.03. The van der Waals surface area contributed by atoms with E-state index in [9.17, 15) is 0 Å². The van der Waals surface area contributed by atoms with Crippen LogP contribution in [0.2, 0.25) is 0 Å². The standard InChI is InChI=1S/C14H23N3O/c1-14(2)7-5-10(6-8-14)12-16-13(18-17-12)11(15)9-3-4-9/h9-11H,3-8,15H2,1-2H3. The Morgan fingerprint density at radius 1 is 1.22 bits per heavy atom. The van der Waals surface area contributed by atoms with Crippen LogP contribution in [-0.4, -0.2) is 10.1 Å². The van der Waals surface area contributed by atoms with Gasteiger partial charge in [-0.25, -0.2) is 0 Å². The van der Waals surface area contributed by atoms with E-state index < -0.39 is 0 Å². The van der Waals surface area contributed by atoms with Crippen molar-refractivity contribution in [3.8, 4) is 0 Å². The van der Waals surface area contributed by atoms with Gasteiger partial charge in [0.05, 0.1) is 6.04 Å². The molecule has 1 heterocycles. The van der Waals surface area contributed by atoms with Gasteiger partial charge in [-0.2, -0.15) is 4.98 Å². The number of aromatic nitrogens is 2. The number of rotatable bonds is 3. The van der Waals surface area contributed by atoms with Crippen LogP contribution in [0.3, 0.4) is 0 Å². The molecule has 2 fully saturated rings. The molecule has 2 aliphatic carbocycles. The zero-order chi connectivity index (χ0) is 12.8. The first-order chi connectivity index (χ1) is 8.55. The minimum atomic E-state index is -0.0359. The van der Waals surface area contributed by atoms with Gasteiger partial charge >= 0.3 is 0 Å². The molecule has 1 aromatic rings. The van der Waals surface area contributed by atoms with Crippen molar-refractivity contribution in [2.45, 2.75) is 64.3 Å². The van der Waals surface area contributed by atoms with Gasteiger partial charge in [0.15, 0.2) is 5.82 Å². The average Bonchev–Trinajstić information content (AvgIpc) is 3.06. The van der Waals surface area contributed by atoms with Crippen LogP contribution in [0.25, 0.3) is 0 Å². The summed E-state index contributed by atoms with van der Waals surface area (Å²) in [5, 5.41) is 4.15. The predicted octanol–water partition coefficient (Wildman–Crippen LogP) is 3.16. The first kappa shape index (κ1) is 12.2. The van der Waals surface area contributed by atoms with E-state index in [2.05, 4.69) is 24.0 Å². The van der Waals surface area contributed by atoms with Crippen molar-refractivity contribution in [3.05, 3.63) is 11.7 Å². The maximum absolute atomic E-state index is 6.09. The summed E-state index contributed by atoms with van der Waals surface area (Å²) in [6.07, 6.45) is 7.24. The van der Waals surface area contributed by atoms with Gasteiger partial charge < -0.3 is 10.3 Å². The van der Waals surface area contributed by atoms with Crippen LogP contribution in [0.5, 0.6) is 0 Å². The summed E-state index contributed by atoms with van der Waals surface area (Å²) >= 11 is 0. The van der Waals surface area contributed by atoms with Crippen molar-refractivity contribution < 1.29 is 4.52 Å². The summed E-state index contributed by atoms with van der Waals surface area (Å²) in [4.78, 5) is 4.54. The van der Waals surface area contributed by atoms with E-state index in [1.165, 1.54) is 38.5 Å². The van der Waals surface area contributed by atoms with Gasteiger partial charge in [-0.1, -0.05) is 19.0 Å². The maximum Gasteiger partial charge on any atom is 0.243 e. The fraction of sp³-hybridized carbons (Fsp3) is 0.857. The third-order valence-electron chi connectivity index (χ3n) is 4.58. The molecule has 2 N–H and O–H groups in total. The molecular formula is C14H23N3O. The Kier molecular flexibility index (Phi) is 2.93. The highest BCUT2D eigenvalue weighted by Crippen LogP contribution is 2.42. The van der Waals surface area contributed by atoms with Crippen LogP contribution in [-0.2, 0) is 0 Å². The van der Waals surface area contributed by atoms with E-state index in [4.69, 9.17) is 10.3 Å². The maximum atomic E-state index is 6.09. The topological polar surface area (TPSA) is 64.9 Å². The summed E-state index contributed by atoms with van der Waals surface area (Å²) in [7, 11) is 0. The summed E-state index contributed by atoms with van der Waals surface area (Å²) in [6.45, 7) is 4.68. The van der Waals surface area contributed by atoms with Crippen molar-refractivity contribution in [1.82, 2.24) is 10.1 Å². The fourth-order valence-corrected chi connectivity index (χ4v) is 2.86. The van der Waals surface area contributed by atoms with Gasteiger partial charge in [0.1, 0.15) is 0 Å². The molecule has 0 spiro atoms. The molecule has 0 aliphatic heterocycles. The Hall–Kier alpha value is -0.900. The van der Waals surface area contributed by atoms with Crippen LogP contribution >= 0.6 is 0 Å². The molecule has 0 amide bonds. The normalized spacial score (nSPS) is 26.2. The van der Waals surface area contributed by atoms with E-state index >= 15 is 0 Å². The third-order valence-corrected chi connectivity index (χ3v) is 4.58. The van der Waals surface area contributed by atoms with Gasteiger partial charge in [-0.3, -0.25) is 0 Å². The minimum absolute atomic E-state index is 0.0359. The van der Waals surface area contributed by atoms with Gasteiger partial charge in [0.25, 0.3) is 0 Å². The van der Waals surface area contributed by atoms with Crippen molar-refractivity contribution in [1.29, 1.82) is 0 Å². The second kappa shape index (κ2) is 4.34. The zero-order valence-corrected chi connectivity index (χ0v) is 11.4. The summed E-state index contributed by atoms with van der Waals surface area (Å²) in [5.41, 5.74) is 6.57. The fourth-order valence-electron chi connectivity index (χ4n) is 2.86. The smallest absolute Gasteiger partial charge is 0.243 e. The van der Waals surface area contributed by atoms with E-state index in [1.807, 2.05) is 0 Å². The summed E-state index contributed by atoms with van der Waals surface area (Å²) in [5.74, 6) is 2.58. The predicted molar refractivity (Wildman–Crippen MR) is 68.9 cm³/mol.